The van der Waals surface area contributed by atoms with Crippen LogP contribution in [0.5, 0.6) is 5.75 Å². The van der Waals surface area contributed by atoms with Crippen LogP contribution in [0.3, 0.4) is 0 Å². The van der Waals surface area contributed by atoms with Gasteiger partial charge in [0.2, 0.25) is 0 Å². The Morgan fingerprint density at radius 1 is 0.960 bits per heavy atom. The first-order valence-electron chi connectivity index (χ1n) is 16.9. The molecule has 0 radical (unpaired) electrons. The van der Waals surface area contributed by atoms with Gasteiger partial charge in [-0.05, 0) is 98.7 Å². The number of carbonyl (C=O) groups excluding carboxylic acids is 1. The van der Waals surface area contributed by atoms with Crippen molar-refractivity contribution in [2.24, 2.45) is 4.99 Å². The highest BCUT2D eigenvalue weighted by Gasteiger charge is 2.52. The van der Waals surface area contributed by atoms with Gasteiger partial charge in [0.15, 0.2) is 0 Å². The first kappa shape index (κ1) is 35.6. The molecule has 2 aliphatic heterocycles. The number of sulfonamides is 1. The highest BCUT2D eigenvalue weighted by molar-refractivity contribution is 7.93. The molecule has 9 nitrogen and oxygen atoms in total. The van der Waals surface area contributed by atoms with Gasteiger partial charge in [-0.15, -0.1) is 0 Å². The maximum absolute atomic E-state index is 15.4. The number of anilines is 2. The van der Waals surface area contributed by atoms with E-state index >= 15 is 4.39 Å². The number of benzene rings is 3. The SMILES string of the molecule is CC(C)Oc1cccc(CN2CCC3(CC2)C(NC2CCCCC2)=NC(=O)N3c2cc(F)cc(-c3cccc(NS(=O)(=O)C(F)(F)F)c3)c2)c1. The number of halogens is 4. The van der Waals surface area contributed by atoms with Crippen molar-refractivity contribution in [2.75, 3.05) is 22.7 Å². The predicted molar refractivity (Wildman–Crippen MR) is 185 cm³/mol. The molecule has 0 unspecified atom stereocenters. The third kappa shape index (κ3) is 7.75. The van der Waals surface area contributed by atoms with Crippen molar-refractivity contribution in [3.63, 3.8) is 0 Å². The second-order valence-corrected chi connectivity index (χ2v) is 15.2. The van der Waals surface area contributed by atoms with Gasteiger partial charge in [0, 0.05) is 31.4 Å². The van der Waals surface area contributed by atoms with Crippen molar-refractivity contribution < 1.29 is 35.5 Å². The third-order valence-corrected chi connectivity index (χ3v) is 10.6. The zero-order valence-electron chi connectivity index (χ0n) is 28.0. The molecule has 3 aliphatic rings. The minimum absolute atomic E-state index is 0.0508. The Morgan fingerprint density at radius 3 is 2.38 bits per heavy atom. The van der Waals surface area contributed by atoms with E-state index in [0.717, 1.165) is 43.4 Å². The Labute approximate surface area is 289 Å². The van der Waals surface area contributed by atoms with Gasteiger partial charge in [-0.1, -0.05) is 43.5 Å². The number of nitrogens with one attached hydrogen (secondary N) is 2. The summed E-state index contributed by atoms with van der Waals surface area (Å²) in [4.78, 5) is 22.2. The van der Waals surface area contributed by atoms with E-state index in [-0.39, 0.29) is 34.6 Å². The number of carbonyl (C=O) groups is 1. The molecule has 268 valence electrons. The van der Waals surface area contributed by atoms with Gasteiger partial charge in [0.1, 0.15) is 22.9 Å². The van der Waals surface area contributed by atoms with Crippen molar-refractivity contribution in [3.05, 3.63) is 78.1 Å². The van der Waals surface area contributed by atoms with Crippen LogP contribution in [0, 0.1) is 5.82 Å². The Bertz CT molecular complexity index is 1850. The first-order chi connectivity index (χ1) is 23.7. The summed E-state index contributed by atoms with van der Waals surface area (Å²) in [5.74, 6) is 0.710. The molecule has 2 amide bonds. The number of amides is 2. The molecule has 0 aromatic heterocycles. The minimum atomic E-state index is -5.66. The van der Waals surface area contributed by atoms with Crippen LogP contribution in [0.1, 0.15) is 64.4 Å². The lowest BCUT2D eigenvalue weighted by molar-refractivity contribution is -0.0429. The molecule has 3 aromatic carbocycles. The second kappa shape index (κ2) is 14.2. The van der Waals surface area contributed by atoms with Gasteiger partial charge >= 0.3 is 21.6 Å². The number of likely N-dealkylation sites (tertiary alicyclic amines) is 1. The summed E-state index contributed by atoms with van der Waals surface area (Å²) in [6.45, 7) is 5.91. The summed E-state index contributed by atoms with van der Waals surface area (Å²) >= 11 is 0. The molecule has 1 saturated carbocycles. The van der Waals surface area contributed by atoms with E-state index in [0.29, 0.717) is 38.3 Å². The fourth-order valence-electron chi connectivity index (χ4n) is 7.14. The van der Waals surface area contributed by atoms with E-state index in [1.807, 2.05) is 32.0 Å². The maximum Gasteiger partial charge on any atom is 0.516 e. The van der Waals surface area contributed by atoms with Crippen molar-refractivity contribution in [1.29, 1.82) is 0 Å². The van der Waals surface area contributed by atoms with Crippen LogP contribution in [0.4, 0.5) is 33.7 Å². The first-order valence-corrected chi connectivity index (χ1v) is 18.4. The molecule has 3 aromatic rings. The van der Waals surface area contributed by atoms with Crippen molar-refractivity contribution in [1.82, 2.24) is 10.2 Å². The molecular formula is C36H41F4N5O4S. The highest BCUT2D eigenvalue weighted by atomic mass is 32.2. The number of alkyl halides is 3. The third-order valence-electron chi connectivity index (χ3n) is 9.47. The maximum atomic E-state index is 15.4. The summed E-state index contributed by atoms with van der Waals surface area (Å²) in [7, 11) is -5.66. The summed E-state index contributed by atoms with van der Waals surface area (Å²) in [5, 5.41) is 3.60. The summed E-state index contributed by atoms with van der Waals surface area (Å²) < 4.78 is 85.4. The predicted octanol–water partition coefficient (Wildman–Crippen LogP) is 7.84. The molecule has 2 N–H and O–H groups in total. The Hall–Kier alpha value is -4.17. The van der Waals surface area contributed by atoms with Crippen molar-refractivity contribution >= 4 is 33.3 Å². The zero-order valence-corrected chi connectivity index (χ0v) is 28.8. The van der Waals surface area contributed by atoms with E-state index < -0.39 is 32.9 Å². The fourth-order valence-corrected chi connectivity index (χ4v) is 7.69. The molecule has 14 heteroatoms. The summed E-state index contributed by atoms with van der Waals surface area (Å²) in [6, 6.07) is 16.9. The van der Waals surface area contributed by atoms with Crippen LogP contribution >= 0.6 is 0 Å². The minimum Gasteiger partial charge on any atom is -0.491 e. The molecule has 1 saturated heterocycles. The lowest BCUT2D eigenvalue weighted by Crippen LogP contribution is -2.62. The molecular weight excluding hydrogens is 674 g/mol. The fraction of sp³-hybridized carbons (Fsp3) is 0.444. The molecule has 2 fully saturated rings. The molecule has 1 spiro atoms. The number of ether oxygens (including phenoxy) is 1. The van der Waals surface area contributed by atoms with Crippen LogP contribution in [0.15, 0.2) is 71.7 Å². The van der Waals surface area contributed by atoms with Crippen LogP contribution in [-0.2, 0) is 16.6 Å². The molecule has 50 heavy (non-hydrogen) atoms. The zero-order chi connectivity index (χ0) is 35.7. The molecule has 0 atom stereocenters. The Morgan fingerprint density at radius 2 is 1.68 bits per heavy atom. The number of amidine groups is 1. The number of nitrogens with zero attached hydrogens (tertiary/aromatic N) is 3. The molecule has 0 bridgehead atoms. The van der Waals surface area contributed by atoms with E-state index in [4.69, 9.17) is 4.74 Å². The standard InChI is InChI=1S/C36H41F4N5O4S/c1-24(2)49-32-13-6-8-25(18-32)23-44-16-14-35(15-17-44)33(41-29-10-4-3-5-11-29)42-34(46)45(35)31-21-27(19-28(37)22-31)26-9-7-12-30(20-26)43-50(47,48)36(38,39)40/h6-9,12-13,18-22,24,29,43H,3-5,10-11,14-17,23H2,1-2H3,(H,41,42,46). The average Bonchev–Trinajstić information content (AvgIpc) is 3.31. The van der Waals surface area contributed by atoms with Crippen LogP contribution in [0.2, 0.25) is 0 Å². The van der Waals surface area contributed by atoms with Gasteiger partial charge < -0.3 is 10.1 Å². The van der Waals surface area contributed by atoms with E-state index in [2.05, 4.69) is 21.3 Å². The number of urea groups is 1. The lowest BCUT2D eigenvalue weighted by atomic mass is 9.83. The number of aliphatic imine (C=N–C) groups is 1. The molecule has 6 rings (SSSR count). The van der Waals surface area contributed by atoms with E-state index in [1.54, 1.807) is 11.0 Å². The summed E-state index contributed by atoms with van der Waals surface area (Å²) in [6.07, 6.45) is 6.34. The Kier molecular flexibility index (Phi) is 10.1. The van der Waals surface area contributed by atoms with Crippen LogP contribution < -0.4 is 19.7 Å². The number of hydrogen-bond acceptors (Lipinski definition) is 6. The van der Waals surface area contributed by atoms with E-state index in [9.17, 15) is 26.4 Å². The highest BCUT2D eigenvalue weighted by Crippen LogP contribution is 2.41. The van der Waals surface area contributed by atoms with Gasteiger partial charge in [-0.2, -0.15) is 26.6 Å². The van der Waals surface area contributed by atoms with Gasteiger partial charge in [-0.3, -0.25) is 14.5 Å². The Balaban J connectivity index is 1.29. The largest absolute Gasteiger partial charge is 0.516 e. The topological polar surface area (TPSA) is 103 Å². The normalized spacial score (nSPS) is 18.8. The number of hydrogen-bond donors (Lipinski definition) is 2. The van der Waals surface area contributed by atoms with Crippen molar-refractivity contribution in [3.8, 4) is 16.9 Å². The second-order valence-electron chi connectivity index (χ2n) is 13.5. The summed E-state index contributed by atoms with van der Waals surface area (Å²) in [5.41, 5.74) is -4.85. The smallest absolute Gasteiger partial charge is 0.491 e. The molecule has 2 heterocycles. The van der Waals surface area contributed by atoms with E-state index in [1.165, 1.54) is 41.1 Å². The van der Waals surface area contributed by atoms with Gasteiger partial charge in [0.05, 0.1) is 11.8 Å². The van der Waals surface area contributed by atoms with Crippen LogP contribution in [-0.4, -0.2) is 61.5 Å². The lowest BCUT2D eigenvalue weighted by Gasteiger charge is -2.46. The average molecular weight is 716 g/mol. The quantitative estimate of drug-likeness (QED) is 0.219. The van der Waals surface area contributed by atoms with Gasteiger partial charge in [-0.25, -0.2) is 9.18 Å². The number of piperidine rings is 1. The van der Waals surface area contributed by atoms with Crippen molar-refractivity contribution in [2.45, 2.75) is 88.5 Å². The van der Waals surface area contributed by atoms with Crippen LogP contribution in [0.25, 0.3) is 11.1 Å². The number of rotatable bonds is 9. The monoisotopic (exact) mass is 715 g/mol. The molecule has 1 aliphatic carbocycles. The van der Waals surface area contributed by atoms with Gasteiger partial charge in [0.25, 0.3) is 0 Å².